The van der Waals surface area contributed by atoms with Crippen LogP contribution in [0.25, 0.3) is 17.0 Å². The molecule has 1 amide bonds. The average molecular weight is 329 g/mol. The molecule has 0 spiro atoms. The first kappa shape index (κ1) is 16.4. The molecular weight excluding hydrogens is 306 g/mol. The summed E-state index contributed by atoms with van der Waals surface area (Å²) in [6.45, 7) is 12.0. The molecule has 0 unspecified atom stereocenters. The van der Waals surface area contributed by atoms with E-state index in [9.17, 15) is 4.79 Å². The molecular formula is C18H23N3O3. The number of carbonyl (C=O) groups is 1. The van der Waals surface area contributed by atoms with Crippen molar-refractivity contribution in [3.05, 3.63) is 30.3 Å². The summed E-state index contributed by atoms with van der Waals surface area (Å²) in [6.07, 6.45) is 1.50. The van der Waals surface area contributed by atoms with Crippen LogP contribution < -0.4 is 4.90 Å². The first-order valence-electron chi connectivity index (χ1n) is 8.13. The lowest BCUT2D eigenvalue weighted by Gasteiger charge is -2.35. The van der Waals surface area contributed by atoms with Gasteiger partial charge in [-0.2, -0.15) is 0 Å². The summed E-state index contributed by atoms with van der Waals surface area (Å²) in [5, 5.41) is 5.20. The van der Waals surface area contributed by atoms with Gasteiger partial charge >= 0.3 is 6.09 Å². The molecule has 24 heavy (non-hydrogen) atoms. The Balaban J connectivity index is 1.71. The van der Waals surface area contributed by atoms with Crippen molar-refractivity contribution in [3.63, 3.8) is 0 Å². The number of nitrogens with zero attached hydrogens (tertiary/aromatic N) is 3. The van der Waals surface area contributed by atoms with Crippen molar-refractivity contribution in [1.29, 1.82) is 0 Å². The van der Waals surface area contributed by atoms with Crippen LogP contribution >= 0.6 is 0 Å². The van der Waals surface area contributed by atoms with E-state index in [1.165, 1.54) is 0 Å². The van der Waals surface area contributed by atoms with Crippen LogP contribution in [0, 0.1) is 0 Å². The zero-order chi connectivity index (χ0) is 17.3. The summed E-state index contributed by atoms with van der Waals surface area (Å²) in [5.41, 5.74) is 1.20. The summed E-state index contributed by atoms with van der Waals surface area (Å²) in [6, 6.07) is 5.91. The molecule has 1 aliphatic heterocycles. The number of carbonyl (C=O) groups excluding carboxylic acids is 1. The van der Waals surface area contributed by atoms with E-state index in [-0.39, 0.29) is 6.09 Å². The highest BCUT2D eigenvalue weighted by molar-refractivity contribution is 5.93. The minimum absolute atomic E-state index is 0.263. The molecule has 1 fully saturated rings. The van der Waals surface area contributed by atoms with Gasteiger partial charge in [-0.1, -0.05) is 29.9 Å². The first-order valence-corrected chi connectivity index (χ1v) is 8.13. The van der Waals surface area contributed by atoms with Gasteiger partial charge < -0.3 is 19.1 Å². The fraction of sp³-hybridized carbons (Fsp3) is 0.444. The van der Waals surface area contributed by atoms with Crippen LogP contribution in [-0.2, 0) is 4.74 Å². The van der Waals surface area contributed by atoms with Gasteiger partial charge in [0.1, 0.15) is 5.60 Å². The lowest BCUT2D eigenvalue weighted by molar-refractivity contribution is 0.0240. The van der Waals surface area contributed by atoms with E-state index >= 15 is 0 Å². The fourth-order valence-corrected chi connectivity index (χ4v) is 2.79. The minimum atomic E-state index is -0.475. The van der Waals surface area contributed by atoms with Gasteiger partial charge in [0.15, 0.2) is 11.4 Å². The van der Waals surface area contributed by atoms with Crippen LogP contribution in [0.1, 0.15) is 26.3 Å². The fourth-order valence-electron chi connectivity index (χ4n) is 2.79. The van der Waals surface area contributed by atoms with Crippen LogP contribution in [0.15, 0.2) is 29.3 Å². The normalized spacial score (nSPS) is 15.6. The number of hydrogen-bond acceptors (Lipinski definition) is 5. The molecule has 128 valence electrons. The molecule has 0 bridgehead atoms. The highest BCUT2D eigenvalue weighted by atomic mass is 16.6. The second-order valence-corrected chi connectivity index (χ2v) is 6.89. The smallest absolute Gasteiger partial charge is 0.410 e. The predicted molar refractivity (Wildman–Crippen MR) is 94.1 cm³/mol. The van der Waals surface area contributed by atoms with Gasteiger partial charge in [-0.3, -0.25) is 0 Å². The zero-order valence-electron chi connectivity index (χ0n) is 14.4. The molecule has 0 N–H and O–H groups in total. The van der Waals surface area contributed by atoms with Crippen molar-refractivity contribution < 1.29 is 14.1 Å². The third kappa shape index (κ3) is 3.22. The summed E-state index contributed by atoms with van der Waals surface area (Å²) < 4.78 is 10.9. The number of anilines is 1. The molecule has 1 aliphatic rings. The Kier molecular flexibility index (Phi) is 4.22. The topological polar surface area (TPSA) is 58.8 Å². The quantitative estimate of drug-likeness (QED) is 0.843. The standard InChI is InChI=1S/C18H23N3O3/c1-5-13-7-6-8-14-15(13)24-19-16(14)20-9-11-21(12-10-20)17(22)23-18(2,3)4/h5-8H,1,9-12H2,2-4H3. The molecule has 1 aromatic carbocycles. The second kappa shape index (κ2) is 6.19. The lowest BCUT2D eigenvalue weighted by atomic mass is 10.1. The van der Waals surface area contributed by atoms with E-state index in [0.717, 1.165) is 22.4 Å². The molecule has 6 nitrogen and oxygen atoms in total. The number of ether oxygens (including phenoxy) is 1. The van der Waals surface area contributed by atoms with Crippen molar-refractivity contribution in [1.82, 2.24) is 10.1 Å². The van der Waals surface area contributed by atoms with Crippen molar-refractivity contribution in [2.45, 2.75) is 26.4 Å². The van der Waals surface area contributed by atoms with Crippen molar-refractivity contribution in [3.8, 4) is 0 Å². The highest BCUT2D eigenvalue weighted by Crippen LogP contribution is 2.29. The molecule has 2 aromatic rings. The van der Waals surface area contributed by atoms with Gasteiger partial charge in [0.2, 0.25) is 0 Å². The summed E-state index contributed by atoms with van der Waals surface area (Å²) in [4.78, 5) is 16.0. The molecule has 3 rings (SSSR count). The molecule has 1 aromatic heterocycles. The number of piperazine rings is 1. The van der Waals surface area contributed by atoms with E-state index in [1.807, 2.05) is 39.0 Å². The molecule has 0 saturated carbocycles. The van der Waals surface area contributed by atoms with Gasteiger partial charge in [0.25, 0.3) is 0 Å². The van der Waals surface area contributed by atoms with Crippen molar-refractivity contribution >= 4 is 29.0 Å². The highest BCUT2D eigenvalue weighted by Gasteiger charge is 2.27. The largest absolute Gasteiger partial charge is 0.444 e. The monoisotopic (exact) mass is 329 g/mol. The number of hydrogen-bond donors (Lipinski definition) is 0. The van der Waals surface area contributed by atoms with Crippen LogP contribution in [-0.4, -0.2) is 47.9 Å². The maximum Gasteiger partial charge on any atom is 0.410 e. The van der Waals surface area contributed by atoms with E-state index in [4.69, 9.17) is 9.26 Å². The van der Waals surface area contributed by atoms with Gasteiger partial charge in [0, 0.05) is 31.7 Å². The van der Waals surface area contributed by atoms with E-state index < -0.39 is 5.60 Å². The number of para-hydroxylation sites is 1. The van der Waals surface area contributed by atoms with E-state index in [2.05, 4.69) is 16.6 Å². The maximum atomic E-state index is 12.1. The van der Waals surface area contributed by atoms with E-state index in [1.54, 1.807) is 11.0 Å². The van der Waals surface area contributed by atoms with E-state index in [0.29, 0.717) is 26.2 Å². The Morgan fingerprint density at radius 1 is 1.29 bits per heavy atom. The van der Waals surface area contributed by atoms with Gasteiger partial charge in [-0.15, -0.1) is 0 Å². The van der Waals surface area contributed by atoms with Gasteiger partial charge in [-0.25, -0.2) is 4.79 Å². The summed E-state index contributed by atoms with van der Waals surface area (Å²) >= 11 is 0. The average Bonchev–Trinajstić information content (AvgIpc) is 2.97. The number of fused-ring (bicyclic) bond motifs is 1. The summed E-state index contributed by atoms with van der Waals surface area (Å²) in [5.74, 6) is 0.817. The Morgan fingerprint density at radius 3 is 2.62 bits per heavy atom. The van der Waals surface area contributed by atoms with Crippen LogP contribution in [0.4, 0.5) is 10.6 Å². The molecule has 0 radical (unpaired) electrons. The Hall–Kier alpha value is -2.50. The Labute approximate surface area is 141 Å². The lowest BCUT2D eigenvalue weighted by Crippen LogP contribution is -2.50. The third-order valence-electron chi connectivity index (χ3n) is 3.96. The number of aromatic nitrogens is 1. The molecule has 0 aliphatic carbocycles. The first-order chi connectivity index (χ1) is 11.4. The van der Waals surface area contributed by atoms with Gasteiger partial charge in [0.05, 0.1) is 5.39 Å². The maximum absolute atomic E-state index is 12.1. The Morgan fingerprint density at radius 2 is 2.00 bits per heavy atom. The minimum Gasteiger partial charge on any atom is -0.444 e. The zero-order valence-corrected chi connectivity index (χ0v) is 14.4. The Bertz CT molecular complexity index is 752. The number of benzene rings is 1. The molecule has 0 atom stereocenters. The second-order valence-electron chi connectivity index (χ2n) is 6.89. The summed E-state index contributed by atoms with van der Waals surface area (Å²) in [7, 11) is 0. The third-order valence-corrected chi connectivity index (χ3v) is 3.96. The molecule has 2 heterocycles. The predicted octanol–water partition coefficient (Wildman–Crippen LogP) is 3.53. The van der Waals surface area contributed by atoms with Crippen LogP contribution in [0.5, 0.6) is 0 Å². The van der Waals surface area contributed by atoms with Crippen LogP contribution in [0.2, 0.25) is 0 Å². The van der Waals surface area contributed by atoms with Gasteiger partial charge in [-0.05, 0) is 26.8 Å². The SMILES string of the molecule is C=Cc1cccc2c(N3CCN(C(=O)OC(C)(C)C)CC3)noc12. The number of amides is 1. The molecule has 1 saturated heterocycles. The van der Waals surface area contributed by atoms with Crippen molar-refractivity contribution in [2.24, 2.45) is 0 Å². The van der Waals surface area contributed by atoms with Crippen LogP contribution in [0.3, 0.4) is 0 Å². The van der Waals surface area contributed by atoms with Crippen molar-refractivity contribution in [2.75, 3.05) is 31.1 Å². The number of rotatable bonds is 2. The molecule has 6 heteroatoms.